The lowest BCUT2D eigenvalue weighted by Crippen LogP contribution is -1.85. The van der Waals surface area contributed by atoms with Crippen LogP contribution in [0.25, 0.3) is 0 Å². The van der Waals surface area contributed by atoms with Gasteiger partial charge in [0.2, 0.25) is 0 Å². The maximum atomic E-state index is 4.97. The zero-order chi connectivity index (χ0) is 8.93. The van der Waals surface area contributed by atoms with Crippen LogP contribution in [0.1, 0.15) is 11.1 Å². The quantitative estimate of drug-likeness (QED) is 0.691. The number of hydrogen-bond donors (Lipinski definition) is 0. The molecule has 0 saturated carbocycles. The van der Waals surface area contributed by atoms with Crippen molar-refractivity contribution in [1.82, 2.24) is 0 Å². The van der Waals surface area contributed by atoms with Crippen LogP contribution in [0.2, 0.25) is 0 Å². The van der Waals surface area contributed by atoms with Crippen LogP contribution >= 0.6 is 0 Å². The number of hydrogen-bond acceptors (Lipinski definition) is 1. The fourth-order valence-corrected chi connectivity index (χ4v) is 1.24. The van der Waals surface area contributed by atoms with Crippen LogP contribution in [0.4, 0.5) is 0 Å². The molecule has 1 aromatic heterocycles. The Balaban J connectivity index is 1.94. The van der Waals surface area contributed by atoms with Crippen LogP contribution in [0.5, 0.6) is 0 Å². The molecular weight excluding hydrogens is 160 g/mol. The summed E-state index contributed by atoms with van der Waals surface area (Å²) in [4.78, 5) is 0. The fourth-order valence-electron chi connectivity index (χ4n) is 1.24. The van der Waals surface area contributed by atoms with E-state index in [9.17, 15) is 0 Å². The second kappa shape index (κ2) is 3.94. The topological polar surface area (TPSA) is 13.1 Å². The summed E-state index contributed by atoms with van der Waals surface area (Å²) in [5, 5.41) is 0. The van der Waals surface area contributed by atoms with Crippen LogP contribution < -0.4 is 0 Å². The van der Waals surface area contributed by atoms with Gasteiger partial charge < -0.3 is 4.42 Å². The van der Waals surface area contributed by atoms with Crippen molar-refractivity contribution in [3.05, 3.63) is 66.5 Å². The average molecular weight is 171 g/mol. The van der Waals surface area contributed by atoms with E-state index in [1.165, 1.54) is 5.56 Å². The lowest BCUT2D eigenvalue weighted by Gasteiger charge is -1.97. The highest BCUT2D eigenvalue weighted by atomic mass is 16.3. The van der Waals surface area contributed by atoms with Crippen molar-refractivity contribution in [1.29, 1.82) is 0 Å². The number of rotatable bonds is 3. The van der Waals surface area contributed by atoms with E-state index in [1.807, 2.05) is 12.1 Å². The van der Waals surface area contributed by atoms with Gasteiger partial charge in [-0.3, -0.25) is 0 Å². The largest absolute Gasteiger partial charge is 0.472 e. The summed E-state index contributed by atoms with van der Waals surface area (Å²) >= 11 is 0. The maximum absolute atomic E-state index is 4.97. The number of benzene rings is 1. The van der Waals surface area contributed by atoms with Crippen molar-refractivity contribution >= 4 is 0 Å². The van der Waals surface area contributed by atoms with Gasteiger partial charge in [0.15, 0.2) is 0 Å². The molecule has 0 bridgehead atoms. The summed E-state index contributed by atoms with van der Waals surface area (Å²) in [5.41, 5.74) is 2.47. The normalized spacial score (nSPS) is 10.2. The van der Waals surface area contributed by atoms with Gasteiger partial charge in [-0.15, -0.1) is 0 Å². The molecule has 0 aliphatic heterocycles. The molecule has 0 amide bonds. The van der Waals surface area contributed by atoms with Crippen LogP contribution in [-0.2, 0) is 6.42 Å². The highest BCUT2D eigenvalue weighted by molar-refractivity contribution is 5.23. The molecule has 0 aliphatic carbocycles. The van der Waals surface area contributed by atoms with Gasteiger partial charge in [0.25, 0.3) is 0 Å². The molecule has 0 saturated heterocycles. The van der Waals surface area contributed by atoms with Gasteiger partial charge in [-0.05, 0) is 30.0 Å². The Morgan fingerprint density at radius 3 is 2.62 bits per heavy atom. The second-order valence-corrected chi connectivity index (χ2v) is 2.95. The van der Waals surface area contributed by atoms with E-state index in [-0.39, 0.29) is 0 Å². The second-order valence-electron chi connectivity index (χ2n) is 2.95. The number of furan rings is 1. The van der Waals surface area contributed by atoms with Crippen molar-refractivity contribution in [2.45, 2.75) is 6.42 Å². The first-order valence-electron chi connectivity index (χ1n) is 4.34. The first-order chi connectivity index (χ1) is 6.45. The molecule has 1 nitrogen and oxygen atoms in total. The highest BCUT2D eigenvalue weighted by Crippen LogP contribution is 2.08. The molecule has 0 aliphatic rings. The smallest absolute Gasteiger partial charge is 0.0937 e. The maximum Gasteiger partial charge on any atom is 0.0937 e. The van der Waals surface area contributed by atoms with Crippen molar-refractivity contribution < 1.29 is 4.42 Å². The van der Waals surface area contributed by atoms with E-state index in [0.29, 0.717) is 0 Å². The minimum Gasteiger partial charge on any atom is -0.472 e. The molecule has 0 unspecified atom stereocenters. The Hall–Kier alpha value is -1.50. The first kappa shape index (κ1) is 8.11. The third kappa shape index (κ3) is 2.22. The van der Waals surface area contributed by atoms with Crippen molar-refractivity contribution in [3.8, 4) is 0 Å². The van der Waals surface area contributed by atoms with E-state index in [2.05, 4.69) is 30.7 Å². The lowest BCUT2D eigenvalue weighted by atomic mass is 10.1. The molecule has 13 heavy (non-hydrogen) atoms. The van der Waals surface area contributed by atoms with Gasteiger partial charge in [0.1, 0.15) is 0 Å². The van der Waals surface area contributed by atoms with E-state index in [4.69, 9.17) is 4.42 Å². The minimum atomic E-state index is 0.959. The summed E-state index contributed by atoms with van der Waals surface area (Å²) in [6.07, 6.45) is 6.55. The van der Waals surface area contributed by atoms with Crippen LogP contribution in [0.15, 0.2) is 53.3 Å². The Labute approximate surface area is 78.0 Å². The molecule has 2 rings (SSSR count). The van der Waals surface area contributed by atoms with Crippen LogP contribution in [0, 0.1) is 6.42 Å². The van der Waals surface area contributed by atoms with E-state index in [1.54, 1.807) is 12.5 Å². The summed E-state index contributed by atoms with van der Waals surface area (Å²) in [6, 6.07) is 12.3. The Kier molecular flexibility index (Phi) is 2.46. The predicted octanol–water partition coefficient (Wildman–Crippen LogP) is 3.07. The molecule has 0 fully saturated rings. The first-order valence-corrected chi connectivity index (χ1v) is 4.34. The molecule has 2 aromatic rings. The van der Waals surface area contributed by atoms with Gasteiger partial charge in [0, 0.05) is 0 Å². The van der Waals surface area contributed by atoms with Crippen LogP contribution in [0.3, 0.4) is 0 Å². The predicted molar refractivity (Wildman–Crippen MR) is 52.3 cm³/mol. The van der Waals surface area contributed by atoms with Crippen molar-refractivity contribution in [2.75, 3.05) is 0 Å². The molecule has 1 heteroatoms. The zero-order valence-corrected chi connectivity index (χ0v) is 7.31. The third-order valence-electron chi connectivity index (χ3n) is 1.96. The minimum absolute atomic E-state index is 0.959. The van der Waals surface area contributed by atoms with E-state index < -0.39 is 0 Å². The average Bonchev–Trinajstić information content (AvgIpc) is 2.69. The highest BCUT2D eigenvalue weighted by Gasteiger charge is 1.95. The Bertz CT molecular complexity index is 335. The standard InChI is InChI=1S/C12H11O/c1-2-4-11(5-3-1)6-7-12-8-9-13-10-12/h1-5,7-10H,6H2. The summed E-state index contributed by atoms with van der Waals surface area (Å²) < 4.78 is 4.97. The van der Waals surface area contributed by atoms with Crippen molar-refractivity contribution in [2.24, 2.45) is 0 Å². The van der Waals surface area contributed by atoms with Crippen LogP contribution in [-0.4, -0.2) is 0 Å². The molecule has 1 aromatic carbocycles. The van der Waals surface area contributed by atoms with Gasteiger partial charge in [-0.2, -0.15) is 0 Å². The Morgan fingerprint density at radius 2 is 1.92 bits per heavy atom. The molecule has 0 spiro atoms. The molecule has 0 N–H and O–H groups in total. The molecule has 0 atom stereocenters. The fraction of sp³-hybridized carbons (Fsp3) is 0.0833. The summed E-state index contributed by atoms with van der Waals surface area (Å²) in [7, 11) is 0. The van der Waals surface area contributed by atoms with Gasteiger partial charge in [-0.25, -0.2) is 0 Å². The van der Waals surface area contributed by atoms with Gasteiger partial charge in [-0.1, -0.05) is 30.3 Å². The van der Waals surface area contributed by atoms with E-state index >= 15 is 0 Å². The van der Waals surface area contributed by atoms with Gasteiger partial charge >= 0.3 is 0 Å². The molecular formula is C12H11O. The third-order valence-corrected chi connectivity index (χ3v) is 1.96. The van der Waals surface area contributed by atoms with Crippen molar-refractivity contribution in [3.63, 3.8) is 0 Å². The SMILES string of the molecule is [CH](Cc1ccccc1)c1ccoc1. The summed E-state index contributed by atoms with van der Waals surface area (Å²) in [6.45, 7) is 0. The van der Waals surface area contributed by atoms with Gasteiger partial charge in [0.05, 0.1) is 12.5 Å². The Morgan fingerprint density at radius 1 is 1.08 bits per heavy atom. The molecule has 1 radical (unpaired) electrons. The monoisotopic (exact) mass is 171 g/mol. The molecule has 1 heterocycles. The molecule has 65 valence electrons. The summed E-state index contributed by atoms with van der Waals surface area (Å²) in [5.74, 6) is 0. The zero-order valence-electron chi connectivity index (χ0n) is 7.31. The van der Waals surface area contributed by atoms with E-state index in [0.717, 1.165) is 12.0 Å². The lowest BCUT2D eigenvalue weighted by molar-refractivity contribution is 0.565.